The second-order valence-electron chi connectivity index (χ2n) is 6.10. The lowest BCUT2D eigenvalue weighted by Gasteiger charge is -2.18. The van der Waals surface area contributed by atoms with Gasteiger partial charge in [-0.05, 0) is 39.3 Å². The molecule has 0 aliphatic heterocycles. The van der Waals surface area contributed by atoms with E-state index in [9.17, 15) is 0 Å². The highest BCUT2D eigenvalue weighted by Crippen LogP contribution is 2.11. The van der Waals surface area contributed by atoms with Crippen LogP contribution in [0.2, 0.25) is 0 Å². The minimum absolute atomic E-state index is 0. The molecular formula is C17H35IN6O. The van der Waals surface area contributed by atoms with E-state index in [1.807, 2.05) is 11.7 Å². The van der Waals surface area contributed by atoms with Gasteiger partial charge in [-0.1, -0.05) is 0 Å². The quantitative estimate of drug-likeness (QED) is 0.236. The van der Waals surface area contributed by atoms with Crippen LogP contribution >= 0.6 is 24.0 Å². The third kappa shape index (κ3) is 8.87. The van der Waals surface area contributed by atoms with Crippen molar-refractivity contribution < 1.29 is 4.74 Å². The van der Waals surface area contributed by atoms with Gasteiger partial charge in [0, 0.05) is 59.7 Å². The van der Waals surface area contributed by atoms with Gasteiger partial charge in [0.05, 0.1) is 5.69 Å². The molecule has 0 amide bonds. The highest BCUT2D eigenvalue weighted by molar-refractivity contribution is 14.0. The van der Waals surface area contributed by atoms with Crippen LogP contribution in [0.25, 0.3) is 0 Å². The Balaban J connectivity index is 0.00000576. The molecule has 1 rings (SSSR count). The van der Waals surface area contributed by atoms with Crippen molar-refractivity contribution in [3.8, 4) is 0 Å². The topological polar surface area (TPSA) is 66.7 Å². The van der Waals surface area contributed by atoms with Gasteiger partial charge in [0.2, 0.25) is 0 Å². The molecule has 0 fully saturated rings. The molecule has 25 heavy (non-hydrogen) atoms. The van der Waals surface area contributed by atoms with Crippen LogP contribution in [0.15, 0.2) is 4.99 Å². The zero-order chi connectivity index (χ0) is 17.9. The second-order valence-corrected chi connectivity index (χ2v) is 6.10. The summed E-state index contributed by atoms with van der Waals surface area (Å²) in [6.45, 7) is 8.72. The average molecular weight is 466 g/mol. The van der Waals surface area contributed by atoms with E-state index in [0.29, 0.717) is 0 Å². The van der Waals surface area contributed by atoms with E-state index < -0.39 is 0 Å². The fourth-order valence-electron chi connectivity index (χ4n) is 2.66. The fraction of sp³-hybridized carbons (Fsp3) is 0.765. The van der Waals surface area contributed by atoms with E-state index in [0.717, 1.165) is 57.3 Å². The largest absolute Gasteiger partial charge is 0.385 e. The van der Waals surface area contributed by atoms with Crippen LogP contribution in [0.3, 0.4) is 0 Å². The Hall–Kier alpha value is -0.870. The molecule has 0 unspecified atom stereocenters. The summed E-state index contributed by atoms with van der Waals surface area (Å²) in [6, 6.07) is 0. The molecule has 7 nitrogen and oxygen atoms in total. The molecule has 0 saturated carbocycles. The summed E-state index contributed by atoms with van der Waals surface area (Å²) < 4.78 is 7.02. The maximum Gasteiger partial charge on any atom is 0.191 e. The minimum Gasteiger partial charge on any atom is -0.385 e. The first-order chi connectivity index (χ1) is 11.5. The maximum atomic E-state index is 5.07. The Morgan fingerprint density at radius 3 is 2.48 bits per heavy atom. The lowest BCUT2D eigenvalue weighted by molar-refractivity contribution is 0.180. The van der Waals surface area contributed by atoms with Gasteiger partial charge >= 0.3 is 0 Å². The summed E-state index contributed by atoms with van der Waals surface area (Å²) in [6.07, 6.45) is 2.01. The third-order valence-electron chi connectivity index (χ3n) is 4.22. The van der Waals surface area contributed by atoms with Crippen LogP contribution in [0.5, 0.6) is 0 Å². The first-order valence-corrected chi connectivity index (χ1v) is 8.60. The van der Waals surface area contributed by atoms with Crippen molar-refractivity contribution in [3.05, 3.63) is 17.0 Å². The molecule has 0 saturated heterocycles. The van der Waals surface area contributed by atoms with E-state index in [1.165, 1.54) is 11.3 Å². The summed E-state index contributed by atoms with van der Waals surface area (Å²) >= 11 is 0. The van der Waals surface area contributed by atoms with E-state index in [2.05, 4.69) is 46.5 Å². The van der Waals surface area contributed by atoms with E-state index >= 15 is 0 Å². The first-order valence-electron chi connectivity index (χ1n) is 8.60. The van der Waals surface area contributed by atoms with Gasteiger partial charge in [-0.15, -0.1) is 24.0 Å². The molecule has 0 radical (unpaired) electrons. The van der Waals surface area contributed by atoms with Gasteiger partial charge < -0.3 is 20.3 Å². The van der Waals surface area contributed by atoms with E-state index in [1.54, 1.807) is 14.2 Å². The number of hydrogen-bond acceptors (Lipinski definition) is 4. The number of halogens is 1. The van der Waals surface area contributed by atoms with Crippen molar-refractivity contribution >= 4 is 29.9 Å². The fourth-order valence-corrected chi connectivity index (χ4v) is 2.66. The summed E-state index contributed by atoms with van der Waals surface area (Å²) in [7, 11) is 7.66. The molecule has 0 aliphatic rings. The molecule has 146 valence electrons. The second kappa shape index (κ2) is 13.3. The van der Waals surface area contributed by atoms with Crippen molar-refractivity contribution in [1.82, 2.24) is 25.3 Å². The van der Waals surface area contributed by atoms with Crippen LogP contribution in [0.4, 0.5) is 0 Å². The van der Waals surface area contributed by atoms with Gasteiger partial charge in [0.15, 0.2) is 5.96 Å². The molecule has 0 atom stereocenters. The van der Waals surface area contributed by atoms with Gasteiger partial charge in [0.25, 0.3) is 0 Å². The normalized spacial score (nSPS) is 11.6. The third-order valence-corrected chi connectivity index (χ3v) is 4.22. The first kappa shape index (κ1) is 24.1. The number of aliphatic imine (C=N–C) groups is 1. The number of methoxy groups -OCH3 is 1. The Morgan fingerprint density at radius 1 is 1.24 bits per heavy atom. The number of nitrogens with one attached hydrogen (secondary N) is 2. The number of aromatic nitrogens is 2. The number of nitrogens with zero attached hydrogens (tertiary/aromatic N) is 4. The molecule has 8 heteroatoms. The number of ether oxygens (including phenoxy) is 1. The van der Waals surface area contributed by atoms with Crippen LogP contribution in [-0.2, 0) is 18.2 Å². The molecule has 0 aromatic carbocycles. The SMILES string of the molecule is CN=C(NCCc1c(C)nn(C)c1C)NCCN(C)CCCOC.I. The molecule has 2 N–H and O–H groups in total. The van der Waals surface area contributed by atoms with Gasteiger partial charge in [0.1, 0.15) is 0 Å². The van der Waals surface area contributed by atoms with E-state index in [4.69, 9.17) is 4.74 Å². The predicted octanol–water partition coefficient (Wildman–Crippen LogP) is 1.33. The standard InChI is InChI=1S/C17H34N6O.HI/c1-14-16(15(2)23(5)21-14)8-9-19-17(18-3)20-10-12-22(4)11-7-13-24-6;/h7-13H2,1-6H3,(H2,18,19,20);1H. The number of aryl methyl sites for hydroxylation is 2. The molecule has 1 heterocycles. The number of guanidine groups is 1. The highest BCUT2D eigenvalue weighted by atomic mass is 127. The Bertz CT molecular complexity index is 517. The van der Waals surface area contributed by atoms with Crippen molar-refractivity contribution in [1.29, 1.82) is 0 Å². The zero-order valence-corrected chi connectivity index (χ0v) is 18.9. The summed E-state index contributed by atoms with van der Waals surface area (Å²) in [4.78, 5) is 6.57. The molecule has 1 aromatic rings. The summed E-state index contributed by atoms with van der Waals surface area (Å²) in [5.41, 5.74) is 3.66. The lowest BCUT2D eigenvalue weighted by Crippen LogP contribution is -2.41. The van der Waals surface area contributed by atoms with Gasteiger partial charge in [-0.25, -0.2) is 0 Å². The average Bonchev–Trinajstić information content (AvgIpc) is 2.79. The van der Waals surface area contributed by atoms with Gasteiger partial charge in [-0.3, -0.25) is 9.67 Å². The van der Waals surface area contributed by atoms with Crippen LogP contribution in [0.1, 0.15) is 23.4 Å². The molecular weight excluding hydrogens is 431 g/mol. The van der Waals surface area contributed by atoms with Crippen molar-refractivity contribution in [2.75, 3.05) is 54.0 Å². The number of hydrogen-bond donors (Lipinski definition) is 2. The van der Waals surface area contributed by atoms with Crippen LogP contribution in [-0.4, -0.2) is 74.6 Å². The molecule has 0 bridgehead atoms. The van der Waals surface area contributed by atoms with Crippen molar-refractivity contribution in [3.63, 3.8) is 0 Å². The molecule has 0 spiro atoms. The summed E-state index contributed by atoms with van der Waals surface area (Å²) in [5.74, 6) is 0.847. The molecule has 1 aromatic heterocycles. The van der Waals surface area contributed by atoms with Crippen molar-refractivity contribution in [2.24, 2.45) is 12.0 Å². The maximum absolute atomic E-state index is 5.07. The number of likely N-dealkylation sites (N-methyl/N-ethyl adjacent to an activating group) is 1. The Kier molecular flexibility index (Phi) is 12.9. The molecule has 0 aliphatic carbocycles. The van der Waals surface area contributed by atoms with E-state index in [-0.39, 0.29) is 24.0 Å². The minimum atomic E-state index is 0. The summed E-state index contributed by atoms with van der Waals surface area (Å²) in [5, 5.41) is 11.2. The highest BCUT2D eigenvalue weighted by Gasteiger charge is 2.09. The monoisotopic (exact) mass is 466 g/mol. The van der Waals surface area contributed by atoms with Crippen molar-refractivity contribution in [2.45, 2.75) is 26.7 Å². The van der Waals surface area contributed by atoms with Crippen LogP contribution in [0, 0.1) is 13.8 Å². The lowest BCUT2D eigenvalue weighted by atomic mass is 10.1. The Morgan fingerprint density at radius 2 is 1.92 bits per heavy atom. The predicted molar refractivity (Wildman–Crippen MR) is 115 cm³/mol. The van der Waals surface area contributed by atoms with Crippen LogP contribution < -0.4 is 10.6 Å². The van der Waals surface area contributed by atoms with Gasteiger partial charge in [-0.2, -0.15) is 5.10 Å². The number of rotatable bonds is 10. The Labute approximate surface area is 169 Å². The smallest absolute Gasteiger partial charge is 0.191 e. The zero-order valence-electron chi connectivity index (χ0n) is 16.6.